The van der Waals surface area contributed by atoms with Crippen molar-refractivity contribution in [3.05, 3.63) is 71.3 Å². The van der Waals surface area contributed by atoms with Crippen LogP contribution >= 0.6 is 0 Å². The van der Waals surface area contributed by atoms with Crippen molar-refractivity contribution in [3.8, 4) is 6.07 Å². The van der Waals surface area contributed by atoms with E-state index in [2.05, 4.69) is 6.07 Å². The van der Waals surface area contributed by atoms with Crippen LogP contribution in [0.3, 0.4) is 0 Å². The largest absolute Gasteiger partial charge is 0.435 e. The Balaban J connectivity index is 2.13. The van der Waals surface area contributed by atoms with Crippen molar-refractivity contribution in [1.29, 1.82) is 5.26 Å². The topological polar surface area (TPSA) is 50.1 Å². The number of carbonyl (C=O) groups excluding carboxylic acids is 1. The van der Waals surface area contributed by atoms with Gasteiger partial charge in [-0.15, -0.1) is 0 Å². The highest BCUT2D eigenvalue weighted by atomic mass is 16.6. The summed E-state index contributed by atoms with van der Waals surface area (Å²) in [5.74, 6) is -0.438. The molecule has 0 amide bonds. The van der Waals surface area contributed by atoms with Crippen molar-refractivity contribution in [2.45, 2.75) is 12.0 Å². The first-order valence-electron chi connectivity index (χ1n) is 6.03. The van der Waals surface area contributed by atoms with Gasteiger partial charge < -0.3 is 4.74 Å². The molecule has 1 aliphatic rings. The Morgan fingerprint density at radius 3 is 2.47 bits per heavy atom. The molecule has 3 heteroatoms. The van der Waals surface area contributed by atoms with Gasteiger partial charge in [-0.3, -0.25) is 0 Å². The van der Waals surface area contributed by atoms with Gasteiger partial charge in [0.1, 0.15) is 6.07 Å². The molecule has 0 saturated heterocycles. The lowest BCUT2D eigenvalue weighted by Crippen LogP contribution is -2.38. The van der Waals surface area contributed by atoms with E-state index >= 15 is 0 Å². The van der Waals surface area contributed by atoms with Gasteiger partial charge in [0.2, 0.25) is 5.60 Å². The van der Waals surface area contributed by atoms with Crippen molar-refractivity contribution < 1.29 is 9.53 Å². The summed E-state index contributed by atoms with van der Waals surface area (Å²) in [6.07, 6.45) is 0.384. The molecule has 0 unspecified atom stereocenters. The van der Waals surface area contributed by atoms with Gasteiger partial charge in [-0.1, -0.05) is 48.5 Å². The van der Waals surface area contributed by atoms with Gasteiger partial charge in [0.15, 0.2) is 0 Å². The minimum absolute atomic E-state index is 0.384. The quantitative estimate of drug-likeness (QED) is 0.730. The molecule has 0 aliphatic carbocycles. The summed E-state index contributed by atoms with van der Waals surface area (Å²) in [4.78, 5) is 12.1. The Morgan fingerprint density at radius 2 is 1.74 bits per heavy atom. The molecule has 0 fully saturated rings. The molecule has 2 aromatic rings. The average Bonchev–Trinajstić information content (AvgIpc) is 2.48. The summed E-state index contributed by atoms with van der Waals surface area (Å²) in [6, 6.07) is 18.6. The fourth-order valence-corrected chi connectivity index (χ4v) is 2.39. The van der Waals surface area contributed by atoms with Crippen LogP contribution in [0, 0.1) is 11.3 Å². The maximum atomic E-state index is 12.1. The molecule has 0 N–H and O–H groups in total. The number of fused-ring (bicyclic) bond motifs is 1. The van der Waals surface area contributed by atoms with Crippen LogP contribution in [0.5, 0.6) is 0 Å². The number of carbonyl (C=O) groups is 1. The van der Waals surface area contributed by atoms with E-state index in [1.54, 1.807) is 12.1 Å². The van der Waals surface area contributed by atoms with Crippen molar-refractivity contribution in [3.63, 3.8) is 0 Å². The van der Waals surface area contributed by atoms with Crippen LogP contribution < -0.4 is 0 Å². The summed E-state index contributed by atoms with van der Waals surface area (Å²) >= 11 is 0. The maximum Gasteiger partial charge on any atom is 0.340 e. The van der Waals surface area contributed by atoms with Gasteiger partial charge >= 0.3 is 5.97 Å². The first-order valence-corrected chi connectivity index (χ1v) is 6.03. The van der Waals surface area contributed by atoms with Crippen molar-refractivity contribution in [1.82, 2.24) is 0 Å². The minimum atomic E-state index is -1.22. The Hall–Kier alpha value is -2.60. The highest BCUT2D eigenvalue weighted by Gasteiger charge is 2.42. The number of hydrogen-bond acceptors (Lipinski definition) is 3. The van der Waals surface area contributed by atoms with E-state index in [0.717, 1.165) is 5.56 Å². The Morgan fingerprint density at radius 1 is 1.05 bits per heavy atom. The second-order valence-electron chi connectivity index (χ2n) is 4.53. The van der Waals surface area contributed by atoms with Crippen LogP contribution in [-0.4, -0.2) is 5.97 Å². The molecular weight excluding hydrogens is 238 g/mol. The lowest BCUT2D eigenvalue weighted by Gasteiger charge is -2.32. The highest BCUT2D eigenvalue weighted by molar-refractivity contribution is 5.92. The Kier molecular flexibility index (Phi) is 2.57. The normalized spacial score (nSPS) is 21.1. The van der Waals surface area contributed by atoms with Crippen LogP contribution in [0.1, 0.15) is 21.5 Å². The predicted molar refractivity (Wildman–Crippen MR) is 69.3 cm³/mol. The van der Waals surface area contributed by atoms with Gasteiger partial charge in [0.25, 0.3) is 0 Å². The molecule has 92 valence electrons. The second kappa shape index (κ2) is 4.25. The van der Waals surface area contributed by atoms with Gasteiger partial charge in [0.05, 0.1) is 5.56 Å². The number of benzene rings is 2. The van der Waals surface area contributed by atoms with Gasteiger partial charge in [-0.25, -0.2) is 4.79 Å². The van der Waals surface area contributed by atoms with Gasteiger partial charge in [-0.2, -0.15) is 5.26 Å². The number of cyclic esters (lactones) is 1. The standard InChI is InChI=1S/C16H11NO2/c17-11-16(13-7-2-1-3-8-13)10-12-6-4-5-9-14(12)15(18)19-16/h1-9H,10H2/t16-/m0/s1. The van der Waals surface area contributed by atoms with Gasteiger partial charge in [0, 0.05) is 12.0 Å². The molecule has 3 nitrogen and oxygen atoms in total. The molecule has 0 radical (unpaired) electrons. The van der Waals surface area contributed by atoms with Crippen LogP contribution in [0.2, 0.25) is 0 Å². The van der Waals surface area contributed by atoms with Gasteiger partial charge in [-0.05, 0) is 11.6 Å². The fourth-order valence-electron chi connectivity index (χ4n) is 2.39. The molecule has 0 aromatic heterocycles. The van der Waals surface area contributed by atoms with E-state index in [9.17, 15) is 10.1 Å². The van der Waals surface area contributed by atoms with E-state index in [-0.39, 0.29) is 0 Å². The Labute approximate surface area is 111 Å². The first kappa shape index (κ1) is 11.5. The summed E-state index contributed by atoms with van der Waals surface area (Å²) in [6.45, 7) is 0. The number of rotatable bonds is 1. The predicted octanol–water partition coefficient (Wildman–Crippen LogP) is 2.82. The zero-order valence-electron chi connectivity index (χ0n) is 10.2. The number of esters is 1. The lowest BCUT2D eigenvalue weighted by molar-refractivity contribution is -0.000614. The zero-order chi connectivity index (χ0) is 13.3. The van der Waals surface area contributed by atoms with Crippen LogP contribution in [0.15, 0.2) is 54.6 Å². The number of nitriles is 1. The molecular formula is C16H11NO2. The van der Waals surface area contributed by atoms with E-state index < -0.39 is 11.6 Å². The number of nitrogens with zero attached hydrogens (tertiary/aromatic N) is 1. The molecule has 1 heterocycles. The van der Waals surface area contributed by atoms with Crippen molar-refractivity contribution in [2.24, 2.45) is 0 Å². The second-order valence-corrected chi connectivity index (χ2v) is 4.53. The molecule has 1 atom stereocenters. The number of hydrogen-bond donors (Lipinski definition) is 0. The third-order valence-electron chi connectivity index (χ3n) is 3.36. The van der Waals surface area contributed by atoms with Crippen molar-refractivity contribution in [2.75, 3.05) is 0 Å². The molecule has 2 aromatic carbocycles. The molecule has 0 spiro atoms. The van der Waals surface area contributed by atoms with Crippen LogP contribution in [-0.2, 0) is 16.8 Å². The average molecular weight is 249 g/mol. The SMILES string of the molecule is N#C[C@]1(c2ccccc2)Cc2ccccc2C(=O)O1. The first-order chi connectivity index (χ1) is 9.25. The molecule has 1 aliphatic heterocycles. The summed E-state index contributed by atoms with van der Waals surface area (Å²) in [7, 11) is 0. The van der Waals surface area contributed by atoms with Crippen molar-refractivity contribution >= 4 is 5.97 Å². The minimum Gasteiger partial charge on any atom is -0.435 e. The van der Waals surface area contributed by atoms with E-state index in [4.69, 9.17) is 4.74 Å². The summed E-state index contributed by atoms with van der Waals surface area (Å²) < 4.78 is 5.44. The Bertz CT molecular complexity index is 673. The van der Waals surface area contributed by atoms with E-state index in [1.165, 1.54) is 0 Å². The fraction of sp³-hybridized carbons (Fsp3) is 0.125. The van der Waals surface area contributed by atoms with E-state index in [1.807, 2.05) is 42.5 Å². The molecule has 0 bridgehead atoms. The molecule has 0 saturated carbocycles. The number of ether oxygens (including phenoxy) is 1. The van der Waals surface area contributed by atoms with E-state index in [0.29, 0.717) is 17.5 Å². The van der Waals surface area contributed by atoms with Crippen LogP contribution in [0.25, 0.3) is 0 Å². The third kappa shape index (κ3) is 1.78. The molecule has 3 rings (SSSR count). The molecule has 19 heavy (non-hydrogen) atoms. The lowest BCUT2D eigenvalue weighted by atomic mass is 9.84. The highest BCUT2D eigenvalue weighted by Crippen LogP contribution is 2.35. The summed E-state index contributed by atoms with van der Waals surface area (Å²) in [5, 5.41) is 9.51. The van der Waals surface area contributed by atoms with Crippen LogP contribution in [0.4, 0.5) is 0 Å². The monoisotopic (exact) mass is 249 g/mol. The summed E-state index contributed by atoms with van der Waals surface area (Å²) in [5.41, 5.74) is 0.890. The maximum absolute atomic E-state index is 12.1. The third-order valence-corrected chi connectivity index (χ3v) is 3.36. The zero-order valence-corrected chi connectivity index (χ0v) is 10.2. The smallest absolute Gasteiger partial charge is 0.340 e.